The maximum atomic E-state index is 12.4. The van der Waals surface area contributed by atoms with E-state index in [9.17, 15) is 13.2 Å². The average Bonchev–Trinajstić information content (AvgIpc) is 2.47. The minimum absolute atomic E-state index is 0.111. The van der Waals surface area contributed by atoms with Gasteiger partial charge in [0.25, 0.3) is 0 Å². The van der Waals surface area contributed by atoms with Gasteiger partial charge in [-0.2, -0.15) is 0 Å². The SMILES string of the molecule is FC(F)(F)n1cnc2c([AsH2])cccc21. The number of imidazole rings is 1. The molecule has 2 rings (SSSR count). The summed E-state index contributed by atoms with van der Waals surface area (Å²) < 4.78 is 38.3. The van der Waals surface area contributed by atoms with Gasteiger partial charge < -0.3 is 0 Å². The second-order valence-electron chi connectivity index (χ2n) is 2.80. The molecule has 0 amide bonds. The molecule has 74 valence electrons. The molecule has 1 aromatic carbocycles. The molecule has 0 N–H and O–H groups in total. The normalized spacial score (nSPS) is 12.3. The Kier molecular flexibility index (Phi) is 2.07. The summed E-state index contributed by atoms with van der Waals surface area (Å²) >= 11 is 1.27. The molecule has 1 aromatic heterocycles. The zero-order valence-corrected chi connectivity index (χ0v) is 9.34. The fourth-order valence-corrected chi connectivity index (χ4v) is 1.96. The number of aromatic nitrogens is 2. The summed E-state index contributed by atoms with van der Waals surface area (Å²) in [6.07, 6.45) is -3.58. The first-order valence-electron chi connectivity index (χ1n) is 3.79. The molecule has 0 aliphatic rings. The van der Waals surface area contributed by atoms with Gasteiger partial charge in [0.1, 0.15) is 0 Å². The van der Waals surface area contributed by atoms with Crippen LogP contribution in [0.15, 0.2) is 24.5 Å². The van der Waals surface area contributed by atoms with E-state index in [1.54, 1.807) is 12.1 Å². The van der Waals surface area contributed by atoms with Crippen molar-refractivity contribution in [1.29, 1.82) is 0 Å². The Balaban J connectivity index is 2.76. The summed E-state index contributed by atoms with van der Waals surface area (Å²) in [7, 11) is 0. The van der Waals surface area contributed by atoms with E-state index in [1.807, 2.05) is 0 Å². The number of halogens is 3. The van der Waals surface area contributed by atoms with Gasteiger partial charge in [0.15, 0.2) is 0 Å². The van der Waals surface area contributed by atoms with Gasteiger partial charge in [-0.3, -0.25) is 0 Å². The Hall–Kier alpha value is -0.962. The first-order chi connectivity index (χ1) is 6.50. The summed E-state index contributed by atoms with van der Waals surface area (Å²) in [5.41, 5.74) is 0.532. The molecule has 0 spiro atoms. The second kappa shape index (κ2) is 3.02. The van der Waals surface area contributed by atoms with Gasteiger partial charge in [0.05, 0.1) is 0 Å². The number of hydrogen-bond acceptors (Lipinski definition) is 1. The van der Waals surface area contributed by atoms with Crippen molar-refractivity contribution in [2.75, 3.05) is 0 Å². The molecule has 0 aliphatic heterocycles. The van der Waals surface area contributed by atoms with Crippen LogP contribution in [0.2, 0.25) is 0 Å². The fraction of sp³-hybridized carbons (Fsp3) is 0.125. The molecule has 2 nitrogen and oxygen atoms in total. The first-order valence-corrected chi connectivity index (χ1v) is 5.00. The molecule has 0 fully saturated rings. The van der Waals surface area contributed by atoms with Crippen molar-refractivity contribution in [2.45, 2.75) is 6.30 Å². The van der Waals surface area contributed by atoms with Crippen molar-refractivity contribution in [2.24, 2.45) is 0 Å². The van der Waals surface area contributed by atoms with Crippen molar-refractivity contribution in [3.8, 4) is 0 Å². The third-order valence-corrected chi connectivity index (χ3v) is 2.86. The van der Waals surface area contributed by atoms with Crippen LogP contribution in [0.4, 0.5) is 13.2 Å². The van der Waals surface area contributed by atoms with Crippen LogP contribution in [0.1, 0.15) is 0 Å². The van der Waals surface area contributed by atoms with Crippen molar-refractivity contribution in [1.82, 2.24) is 9.55 Å². The van der Waals surface area contributed by atoms with Gasteiger partial charge in [0, 0.05) is 0 Å². The van der Waals surface area contributed by atoms with Crippen LogP contribution in [0.5, 0.6) is 0 Å². The number of nitrogens with zero attached hydrogens (tertiary/aromatic N) is 2. The van der Waals surface area contributed by atoms with Crippen LogP contribution >= 0.6 is 0 Å². The second-order valence-corrected chi connectivity index (χ2v) is 4.10. The predicted octanol–water partition coefficient (Wildman–Crippen LogP) is 0.771. The van der Waals surface area contributed by atoms with Gasteiger partial charge in [-0.25, -0.2) is 0 Å². The summed E-state index contributed by atoms with van der Waals surface area (Å²) in [6, 6.07) is 4.78. The number of benzene rings is 1. The molecular weight excluding hydrogens is 256 g/mol. The van der Waals surface area contributed by atoms with Crippen molar-refractivity contribution in [3.05, 3.63) is 24.5 Å². The molecule has 0 saturated carbocycles. The number of para-hydroxylation sites is 1. The van der Waals surface area contributed by atoms with Gasteiger partial charge in [-0.15, -0.1) is 0 Å². The molecule has 0 radical (unpaired) electrons. The van der Waals surface area contributed by atoms with E-state index in [4.69, 9.17) is 0 Å². The zero-order valence-electron chi connectivity index (χ0n) is 6.92. The van der Waals surface area contributed by atoms with Gasteiger partial charge >= 0.3 is 85.8 Å². The fourth-order valence-electron chi connectivity index (χ4n) is 1.26. The molecule has 2 aromatic rings. The summed E-state index contributed by atoms with van der Waals surface area (Å²) in [5, 5.41) is 0. The summed E-state index contributed by atoms with van der Waals surface area (Å²) in [6.45, 7) is 0. The average molecular weight is 262 g/mol. The molecule has 0 aliphatic carbocycles. The Morgan fingerprint density at radius 1 is 1.29 bits per heavy atom. The Labute approximate surface area is 86.2 Å². The summed E-state index contributed by atoms with van der Waals surface area (Å²) in [5.74, 6) is 0. The van der Waals surface area contributed by atoms with E-state index in [1.165, 1.54) is 22.9 Å². The van der Waals surface area contributed by atoms with Gasteiger partial charge in [-0.1, -0.05) is 0 Å². The van der Waals surface area contributed by atoms with E-state index in [0.29, 0.717) is 5.52 Å². The zero-order chi connectivity index (χ0) is 10.3. The topological polar surface area (TPSA) is 17.8 Å². The number of fused-ring (bicyclic) bond motifs is 1. The van der Waals surface area contributed by atoms with Crippen LogP contribution in [-0.4, -0.2) is 26.4 Å². The molecular formula is C8H6AsF3N2. The minimum atomic E-state index is -4.39. The molecule has 14 heavy (non-hydrogen) atoms. The van der Waals surface area contributed by atoms with Crippen LogP contribution < -0.4 is 4.35 Å². The first kappa shape index (κ1) is 9.59. The van der Waals surface area contributed by atoms with Crippen LogP contribution in [0.25, 0.3) is 11.0 Å². The standard InChI is InChI=1S/C8H6AsF3N2/c9-5-2-1-3-6-7(5)13-4-14(6)8(10,11)12/h1-4H,9H2. The van der Waals surface area contributed by atoms with E-state index >= 15 is 0 Å². The van der Waals surface area contributed by atoms with Gasteiger partial charge in [0.2, 0.25) is 0 Å². The Morgan fingerprint density at radius 3 is 2.64 bits per heavy atom. The van der Waals surface area contributed by atoms with Crippen LogP contribution in [-0.2, 0) is 6.30 Å². The van der Waals surface area contributed by atoms with Gasteiger partial charge in [-0.05, 0) is 0 Å². The molecule has 6 heteroatoms. The van der Waals surface area contributed by atoms with Crippen molar-refractivity contribution < 1.29 is 13.2 Å². The quantitative estimate of drug-likeness (QED) is 0.641. The number of rotatable bonds is 0. The molecule has 1 heterocycles. The van der Waals surface area contributed by atoms with Crippen molar-refractivity contribution >= 4 is 32.2 Å². The molecule has 0 saturated heterocycles. The van der Waals surface area contributed by atoms with E-state index in [-0.39, 0.29) is 10.1 Å². The monoisotopic (exact) mass is 262 g/mol. The number of hydrogen-bond donors (Lipinski definition) is 0. The van der Waals surface area contributed by atoms with Crippen LogP contribution in [0, 0.1) is 0 Å². The molecule has 0 bridgehead atoms. The van der Waals surface area contributed by atoms with Crippen molar-refractivity contribution in [3.63, 3.8) is 0 Å². The Morgan fingerprint density at radius 2 is 2.00 bits per heavy atom. The third-order valence-electron chi connectivity index (χ3n) is 1.88. The Bertz CT molecular complexity index is 475. The maximum absolute atomic E-state index is 12.4. The third kappa shape index (κ3) is 1.41. The van der Waals surface area contributed by atoms with E-state index < -0.39 is 6.30 Å². The predicted molar refractivity (Wildman–Crippen MR) is 49.2 cm³/mol. The molecule has 1 unspecified atom stereocenters. The molecule has 1 atom stereocenters. The number of alkyl halides is 3. The van der Waals surface area contributed by atoms with E-state index in [2.05, 4.69) is 4.98 Å². The van der Waals surface area contributed by atoms with E-state index in [0.717, 1.165) is 10.7 Å². The van der Waals surface area contributed by atoms with Crippen LogP contribution in [0.3, 0.4) is 0 Å². The summed E-state index contributed by atoms with van der Waals surface area (Å²) in [4.78, 5) is 3.74.